The van der Waals surface area contributed by atoms with Crippen molar-refractivity contribution in [2.75, 3.05) is 12.3 Å². The number of hydrogen-bond acceptors (Lipinski definition) is 3. The Morgan fingerprint density at radius 3 is 2.59 bits per heavy atom. The van der Waals surface area contributed by atoms with Gasteiger partial charge < -0.3 is 5.73 Å². The molecule has 0 heterocycles. The van der Waals surface area contributed by atoms with E-state index < -0.39 is 10.0 Å². The number of halogens is 2. The third kappa shape index (κ3) is 3.84. The molecule has 1 aromatic rings. The van der Waals surface area contributed by atoms with Crippen LogP contribution in [0.15, 0.2) is 21.5 Å². The fourth-order valence-corrected chi connectivity index (χ4v) is 3.64. The van der Waals surface area contributed by atoms with E-state index in [4.69, 9.17) is 17.3 Å². The summed E-state index contributed by atoms with van der Waals surface area (Å²) in [5.41, 5.74) is 5.94. The minimum Gasteiger partial charge on any atom is -0.398 e. The minimum absolute atomic E-state index is 0.0585. The second kappa shape index (κ2) is 5.56. The first kappa shape index (κ1) is 14.8. The summed E-state index contributed by atoms with van der Waals surface area (Å²) in [5, 5.41) is 0.288. The van der Waals surface area contributed by atoms with Gasteiger partial charge in [0.1, 0.15) is 0 Å². The highest BCUT2D eigenvalue weighted by Gasteiger charge is 2.20. The van der Waals surface area contributed by atoms with Gasteiger partial charge in [-0.25, -0.2) is 13.1 Å². The maximum Gasteiger partial charge on any atom is 0.241 e. The summed E-state index contributed by atoms with van der Waals surface area (Å²) in [5.74, 6) is 0.222. The topological polar surface area (TPSA) is 72.2 Å². The van der Waals surface area contributed by atoms with Gasteiger partial charge in [-0.1, -0.05) is 25.4 Å². The van der Waals surface area contributed by atoms with Crippen LogP contribution in [0.3, 0.4) is 0 Å². The van der Waals surface area contributed by atoms with Gasteiger partial charge in [0.2, 0.25) is 10.0 Å². The van der Waals surface area contributed by atoms with Crippen LogP contribution in [-0.2, 0) is 10.0 Å². The SMILES string of the molecule is CC(C)CNS(=O)(=O)c1cc(Cl)cc(N)c1Br. The minimum atomic E-state index is -3.59. The molecule has 0 unspecified atom stereocenters. The molecule has 0 aliphatic rings. The number of nitrogens with one attached hydrogen (secondary N) is 1. The number of rotatable bonds is 4. The first-order valence-corrected chi connectivity index (χ1v) is 7.63. The Labute approximate surface area is 115 Å². The highest BCUT2D eigenvalue weighted by atomic mass is 79.9. The van der Waals surface area contributed by atoms with Gasteiger partial charge in [0.05, 0.1) is 9.37 Å². The van der Waals surface area contributed by atoms with E-state index in [9.17, 15) is 8.42 Å². The second-order valence-electron chi connectivity index (χ2n) is 4.05. The van der Waals surface area contributed by atoms with Crippen molar-refractivity contribution in [2.45, 2.75) is 18.7 Å². The first-order chi connectivity index (χ1) is 7.74. The molecule has 0 saturated carbocycles. The molecule has 7 heteroatoms. The number of benzene rings is 1. The van der Waals surface area contributed by atoms with Crippen molar-refractivity contribution in [3.63, 3.8) is 0 Å². The van der Waals surface area contributed by atoms with Gasteiger partial charge >= 0.3 is 0 Å². The molecule has 0 bridgehead atoms. The molecule has 0 spiro atoms. The van der Waals surface area contributed by atoms with Crippen molar-refractivity contribution < 1.29 is 8.42 Å². The molecular formula is C10H14BrClN2O2S. The van der Waals surface area contributed by atoms with E-state index in [1.807, 2.05) is 13.8 Å². The molecule has 1 aromatic carbocycles. The van der Waals surface area contributed by atoms with E-state index in [1.165, 1.54) is 12.1 Å². The molecule has 0 aromatic heterocycles. The monoisotopic (exact) mass is 340 g/mol. The standard InChI is InChI=1S/C10H14BrClN2O2S/c1-6(2)5-14-17(15,16)9-4-7(12)3-8(13)10(9)11/h3-4,6,14H,5,13H2,1-2H3. The molecule has 0 aliphatic carbocycles. The molecule has 0 saturated heterocycles. The van der Waals surface area contributed by atoms with Crippen LogP contribution in [-0.4, -0.2) is 15.0 Å². The summed E-state index contributed by atoms with van der Waals surface area (Å²) >= 11 is 8.95. The van der Waals surface area contributed by atoms with E-state index in [1.54, 1.807) is 0 Å². The van der Waals surface area contributed by atoms with Crippen molar-refractivity contribution in [2.24, 2.45) is 5.92 Å². The summed E-state index contributed by atoms with van der Waals surface area (Å²) in [7, 11) is -3.59. The average molecular weight is 342 g/mol. The lowest BCUT2D eigenvalue weighted by molar-refractivity contribution is 0.560. The largest absolute Gasteiger partial charge is 0.398 e. The van der Waals surface area contributed by atoms with Crippen molar-refractivity contribution in [1.82, 2.24) is 4.72 Å². The molecule has 4 nitrogen and oxygen atoms in total. The van der Waals surface area contributed by atoms with Crippen LogP contribution in [0.1, 0.15) is 13.8 Å². The Hall–Kier alpha value is -0.300. The van der Waals surface area contributed by atoms with E-state index in [0.717, 1.165) is 0 Å². The summed E-state index contributed by atoms with van der Waals surface area (Å²) in [6, 6.07) is 2.86. The lowest BCUT2D eigenvalue weighted by atomic mass is 10.2. The van der Waals surface area contributed by atoms with Crippen molar-refractivity contribution >= 4 is 43.2 Å². The molecule has 1 rings (SSSR count). The predicted octanol–water partition coefficient (Wildman–Crippen LogP) is 2.62. The predicted molar refractivity (Wildman–Crippen MR) is 73.6 cm³/mol. The van der Waals surface area contributed by atoms with Crippen LogP contribution in [0.2, 0.25) is 5.02 Å². The smallest absolute Gasteiger partial charge is 0.241 e. The Balaban J connectivity index is 3.15. The zero-order valence-electron chi connectivity index (χ0n) is 9.50. The Morgan fingerprint density at radius 2 is 2.06 bits per heavy atom. The zero-order chi connectivity index (χ0) is 13.2. The summed E-state index contributed by atoms with van der Waals surface area (Å²) in [6.07, 6.45) is 0. The summed E-state index contributed by atoms with van der Waals surface area (Å²) in [6.45, 7) is 4.20. The normalized spacial score (nSPS) is 12.1. The average Bonchev–Trinajstić information content (AvgIpc) is 2.20. The number of nitrogens with two attached hydrogens (primary N) is 1. The van der Waals surface area contributed by atoms with Crippen LogP contribution in [0.25, 0.3) is 0 Å². The number of nitrogen functional groups attached to an aromatic ring is 1. The van der Waals surface area contributed by atoms with Crippen LogP contribution in [0.4, 0.5) is 5.69 Å². The van der Waals surface area contributed by atoms with Gasteiger partial charge in [0.25, 0.3) is 0 Å². The Bertz CT molecular complexity index is 517. The van der Waals surface area contributed by atoms with E-state index in [2.05, 4.69) is 20.7 Å². The summed E-state index contributed by atoms with van der Waals surface area (Å²) < 4.78 is 26.8. The van der Waals surface area contributed by atoms with Crippen molar-refractivity contribution in [3.05, 3.63) is 21.6 Å². The number of sulfonamides is 1. The van der Waals surface area contributed by atoms with Gasteiger partial charge in [-0.2, -0.15) is 0 Å². The molecule has 0 radical (unpaired) electrons. The number of hydrogen-bond donors (Lipinski definition) is 2. The number of anilines is 1. The quantitative estimate of drug-likeness (QED) is 0.827. The van der Waals surface area contributed by atoms with Crippen LogP contribution >= 0.6 is 27.5 Å². The fourth-order valence-electron chi connectivity index (χ4n) is 1.13. The van der Waals surface area contributed by atoms with Crippen molar-refractivity contribution in [1.29, 1.82) is 0 Å². The van der Waals surface area contributed by atoms with Gasteiger partial charge in [-0.15, -0.1) is 0 Å². The third-order valence-electron chi connectivity index (χ3n) is 2.00. The zero-order valence-corrected chi connectivity index (χ0v) is 12.7. The van der Waals surface area contributed by atoms with E-state index in [0.29, 0.717) is 16.7 Å². The van der Waals surface area contributed by atoms with Crippen molar-refractivity contribution in [3.8, 4) is 0 Å². The summed E-state index contributed by atoms with van der Waals surface area (Å²) in [4.78, 5) is 0.0585. The third-order valence-corrected chi connectivity index (χ3v) is 4.82. The van der Waals surface area contributed by atoms with Gasteiger partial charge in [0, 0.05) is 17.3 Å². The first-order valence-electron chi connectivity index (χ1n) is 4.98. The van der Waals surface area contributed by atoms with E-state index >= 15 is 0 Å². The molecule has 17 heavy (non-hydrogen) atoms. The molecule has 0 aliphatic heterocycles. The van der Waals surface area contributed by atoms with Crippen LogP contribution in [0.5, 0.6) is 0 Å². The Morgan fingerprint density at radius 1 is 1.47 bits per heavy atom. The highest BCUT2D eigenvalue weighted by Crippen LogP contribution is 2.31. The molecule has 0 fully saturated rings. The molecule has 0 atom stereocenters. The van der Waals surface area contributed by atoms with Gasteiger partial charge in [0.15, 0.2) is 0 Å². The fraction of sp³-hybridized carbons (Fsp3) is 0.400. The molecule has 3 N–H and O–H groups in total. The van der Waals surface area contributed by atoms with E-state index in [-0.39, 0.29) is 15.8 Å². The molecule has 96 valence electrons. The van der Waals surface area contributed by atoms with Crippen LogP contribution < -0.4 is 10.5 Å². The maximum atomic E-state index is 12.0. The molecular weight excluding hydrogens is 328 g/mol. The lowest BCUT2D eigenvalue weighted by Gasteiger charge is -2.11. The molecule has 0 amide bonds. The van der Waals surface area contributed by atoms with Crippen LogP contribution in [0, 0.1) is 5.92 Å². The second-order valence-corrected chi connectivity index (χ2v) is 7.02. The maximum absolute atomic E-state index is 12.0. The lowest BCUT2D eigenvalue weighted by Crippen LogP contribution is -2.28. The highest BCUT2D eigenvalue weighted by molar-refractivity contribution is 9.10. The Kier molecular flexibility index (Phi) is 4.83. The van der Waals surface area contributed by atoms with Gasteiger partial charge in [-0.3, -0.25) is 0 Å². The van der Waals surface area contributed by atoms with Gasteiger partial charge in [-0.05, 0) is 34.0 Å².